The van der Waals surface area contributed by atoms with E-state index in [1.807, 2.05) is 9.80 Å². The Morgan fingerprint density at radius 2 is 1.83 bits per heavy atom. The second kappa shape index (κ2) is 6.04. The van der Waals surface area contributed by atoms with Crippen molar-refractivity contribution in [3.8, 4) is 0 Å². The third-order valence-electron chi connectivity index (χ3n) is 3.85. The SMILES string of the molecule is O=C1NC(=O)[C@@H](N2CCN(c3cccc(C(F)(F)F)c3)CC2)S1. The number of anilines is 1. The molecule has 2 aliphatic heterocycles. The predicted molar refractivity (Wildman–Crippen MR) is 80.1 cm³/mol. The van der Waals surface area contributed by atoms with Crippen LogP contribution in [-0.4, -0.2) is 47.6 Å². The van der Waals surface area contributed by atoms with Crippen LogP contribution in [0.1, 0.15) is 5.56 Å². The summed E-state index contributed by atoms with van der Waals surface area (Å²) in [6.07, 6.45) is -4.36. The third kappa shape index (κ3) is 3.45. The summed E-state index contributed by atoms with van der Waals surface area (Å²) in [5.74, 6) is -0.326. The largest absolute Gasteiger partial charge is 0.416 e. The fourth-order valence-electron chi connectivity index (χ4n) is 2.68. The fourth-order valence-corrected chi connectivity index (χ4v) is 3.57. The van der Waals surface area contributed by atoms with E-state index >= 15 is 0 Å². The molecule has 1 atom stereocenters. The first-order valence-electron chi connectivity index (χ1n) is 7.02. The summed E-state index contributed by atoms with van der Waals surface area (Å²) >= 11 is 0.942. The molecule has 23 heavy (non-hydrogen) atoms. The van der Waals surface area contributed by atoms with Crippen LogP contribution in [0.2, 0.25) is 0 Å². The number of rotatable bonds is 2. The van der Waals surface area contributed by atoms with E-state index in [9.17, 15) is 22.8 Å². The maximum absolute atomic E-state index is 12.8. The van der Waals surface area contributed by atoms with Crippen molar-refractivity contribution in [2.24, 2.45) is 0 Å². The summed E-state index contributed by atoms with van der Waals surface area (Å²) in [7, 11) is 0. The molecule has 124 valence electrons. The van der Waals surface area contributed by atoms with Crippen LogP contribution < -0.4 is 10.2 Å². The van der Waals surface area contributed by atoms with Gasteiger partial charge in [-0.25, -0.2) is 0 Å². The highest BCUT2D eigenvalue weighted by atomic mass is 32.2. The molecule has 3 rings (SSSR count). The minimum Gasteiger partial charge on any atom is -0.369 e. The normalized spacial score (nSPS) is 23.3. The summed E-state index contributed by atoms with van der Waals surface area (Å²) in [5, 5.41) is 1.34. The lowest BCUT2D eigenvalue weighted by Crippen LogP contribution is -2.51. The molecule has 0 unspecified atom stereocenters. The first kappa shape index (κ1) is 16.1. The van der Waals surface area contributed by atoms with Gasteiger partial charge in [-0.3, -0.25) is 19.8 Å². The van der Waals surface area contributed by atoms with Crippen LogP contribution in [0.5, 0.6) is 0 Å². The van der Waals surface area contributed by atoms with Crippen molar-refractivity contribution in [2.75, 3.05) is 31.1 Å². The van der Waals surface area contributed by atoms with Crippen molar-refractivity contribution in [3.05, 3.63) is 29.8 Å². The fraction of sp³-hybridized carbons (Fsp3) is 0.429. The smallest absolute Gasteiger partial charge is 0.369 e. The van der Waals surface area contributed by atoms with Gasteiger partial charge in [-0.2, -0.15) is 13.2 Å². The Bertz CT molecular complexity index is 630. The minimum atomic E-state index is -4.36. The Morgan fingerprint density at radius 1 is 1.13 bits per heavy atom. The van der Waals surface area contributed by atoms with Crippen molar-refractivity contribution < 1.29 is 22.8 Å². The average Bonchev–Trinajstić information content (AvgIpc) is 2.85. The first-order chi connectivity index (χ1) is 10.8. The first-order valence-corrected chi connectivity index (χ1v) is 7.90. The standard InChI is InChI=1S/C14H14F3N3O2S/c15-14(16,17)9-2-1-3-10(8-9)19-4-6-20(7-5-19)12-11(21)18-13(22)23-12/h1-3,8,12H,4-7H2,(H,18,21,22)/t12-/m0/s1. The number of imide groups is 1. The minimum absolute atomic E-state index is 0.326. The summed E-state index contributed by atoms with van der Waals surface area (Å²) < 4.78 is 38.3. The van der Waals surface area contributed by atoms with Gasteiger partial charge in [0.1, 0.15) is 5.37 Å². The summed E-state index contributed by atoms with van der Waals surface area (Å²) in [6, 6.07) is 5.22. The Balaban J connectivity index is 1.65. The van der Waals surface area contributed by atoms with Crippen LogP contribution in [0, 0.1) is 0 Å². The summed E-state index contributed by atoms with van der Waals surface area (Å²) in [5.41, 5.74) is -0.159. The number of nitrogens with zero attached hydrogens (tertiary/aromatic N) is 2. The number of carbonyl (C=O) groups is 2. The lowest BCUT2D eigenvalue weighted by atomic mass is 10.1. The molecule has 5 nitrogen and oxygen atoms in total. The number of thioether (sulfide) groups is 1. The molecular weight excluding hydrogens is 331 g/mol. The topological polar surface area (TPSA) is 52.7 Å². The van der Waals surface area contributed by atoms with E-state index in [1.54, 1.807) is 6.07 Å². The van der Waals surface area contributed by atoms with Crippen molar-refractivity contribution in [1.29, 1.82) is 0 Å². The van der Waals surface area contributed by atoms with Gasteiger partial charge < -0.3 is 4.90 Å². The summed E-state index contributed by atoms with van der Waals surface area (Å²) in [4.78, 5) is 26.6. The average molecular weight is 345 g/mol. The molecule has 1 aromatic carbocycles. The molecule has 9 heteroatoms. The van der Waals surface area contributed by atoms with E-state index in [-0.39, 0.29) is 11.1 Å². The van der Waals surface area contributed by atoms with Crippen molar-refractivity contribution in [2.45, 2.75) is 11.6 Å². The van der Waals surface area contributed by atoms with Gasteiger partial charge in [0.25, 0.3) is 11.1 Å². The molecule has 0 radical (unpaired) electrons. The van der Waals surface area contributed by atoms with Gasteiger partial charge in [0.05, 0.1) is 5.56 Å². The van der Waals surface area contributed by atoms with E-state index in [2.05, 4.69) is 5.32 Å². The zero-order chi connectivity index (χ0) is 16.6. The number of benzene rings is 1. The monoisotopic (exact) mass is 345 g/mol. The van der Waals surface area contributed by atoms with Gasteiger partial charge in [-0.1, -0.05) is 6.07 Å². The molecule has 1 N–H and O–H groups in total. The molecule has 0 aliphatic carbocycles. The van der Waals surface area contributed by atoms with Crippen LogP contribution >= 0.6 is 11.8 Å². The Labute approximate surface area is 134 Å². The Hall–Kier alpha value is -1.74. The van der Waals surface area contributed by atoms with Crippen molar-refractivity contribution >= 4 is 28.6 Å². The highest BCUT2D eigenvalue weighted by molar-refractivity contribution is 8.15. The lowest BCUT2D eigenvalue weighted by Gasteiger charge is -2.37. The number of halogens is 3. The van der Waals surface area contributed by atoms with Gasteiger partial charge in [0.15, 0.2) is 0 Å². The zero-order valence-electron chi connectivity index (χ0n) is 12.0. The molecule has 1 aromatic rings. The molecule has 0 saturated carbocycles. The quantitative estimate of drug-likeness (QED) is 0.890. The number of carbonyl (C=O) groups excluding carboxylic acids is 2. The Kier molecular flexibility index (Phi) is 4.24. The van der Waals surface area contributed by atoms with Crippen molar-refractivity contribution in [3.63, 3.8) is 0 Å². The van der Waals surface area contributed by atoms with Gasteiger partial charge >= 0.3 is 6.18 Å². The number of amides is 2. The molecule has 2 saturated heterocycles. The second-order valence-corrected chi connectivity index (χ2v) is 6.37. The molecule has 2 amide bonds. The molecule has 0 bridgehead atoms. The number of hydrogen-bond acceptors (Lipinski definition) is 5. The number of hydrogen-bond donors (Lipinski definition) is 1. The van der Waals surface area contributed by atoms with Gasteiger partial charge in [-0.15, -0.1) is 0 Å². The van der Waals surface area contributed by atoms with Gasteiger partial charge in [0.2, 0.25) is 0 Å². The van der Waals surface area contributed by atoms with Crippen LogP contribution in [0.4, 0.5) is 23.7 Å². The highest BCUT2D eigenvalue weighted by Gasteiger charge is 2.38. The maximum atomic E-state index is 12.8. The Morgan fingerprint density at radius 3 is 2.39 bits per heavy atom. The zero-order valence-corrected chi connectivity index (χ0v) is 12.8. The second-order valence-electron chi connectivity index (χ2n) is 5.32. The molecule has 0 aromatic heterocycles. The van der Waals surface area contributed by atoms with E-state index in [4.69, 9.17) is 0 Å². The van der Waals surface area contributed by atoms with Gasteiger partial charge in [0, 0.05) is 31.9 Å². The predicted octanol–water partition coefficient (Wildman–Crippen LogP) is 2.14. The van der Waals surface area contributed by atoms with Crippen LogP contribution in [0.3, 0.4) is 0 Å². The van der Waals surface area contributed by atoms with Crippen LogP contribution in [0.25, 0.3) is 0 Å². The van der Waals surface area contributed by atoms with E-state index in [0.717, 1.165) is 23.9 Å². The van der Waals surface area contributed by atoms with Crippen molar-refractivity contribution in [1.82, 2.24) is 10.2 Å². The third-order valence-corrected chi connectivity index (χ3v) is 4.90. The maximum Gasteiger partial charge on any atom is 0.416 e. The molecule has 2 fully saturated rings. The number of piperazine rings is 1. The van der Waals surface area contributed by atoms with Crippen LogP contribution in [-0.2, 0) is 11.0 Å². The summed E-state index contributed by atoms with van der Waals surface area (Å²) in [6.45, 7) is 2.02. The van der Waals surface area contributed by atoms with Crippen LogP contribution in [0.15, 0.2) is 24.3 Å². The molecular formula is C14H14F3N3O2S. The van der Waals surface area contributed by atoms with Gasteiger partial charge in [-0.05, 0) is 30.0 Å². The number of nitrogens with one attached hydrogen (secondary N) is 1. The van der Waals surface area contributed by atoms with E-state index in [0.29, 0.717) is 31.9 Å². The molecule has 0 spiro atoms. The molecule has 2 heterocycles. The van der Waals surface area contributed by atoms with E-state index in [1.165, 1.54) is 6.07 Å². The number of alkyl halides is 3. The highest BCUT2D eigenvalue weighted by Crippen LogP contribution is 2.32. The van der Waals surface area contributed by atoms with E-state index < -0.39 is 17.1 Å². The lowest BCUT2D eigenvalue weighted by molar-refractivity contribution is -0.137. The molecule has 2 aliphatic rings.